The first-order valence-corrected chi connectivity index (χ1v) is 8.00. The van der Waals surface area contributed by atoms with E-state index in [9.17, 15) is 4.79 Å². The van der Waals surface area contributed by atoms with Gasteiger partial charge in [0.1, 0.15) is 12.4 Å². The van der Waals surface area contributed by atoms with Crippen molar-refractivity contribution in [3.8, 4) is 16.9 Å². The zero-order chi connectivity index (χ0) is 17.5. The molecule has 3 rings (SSSR count). The highest BCUT2D eigenvalue weighted by Gasteiger charge is 2.08. The van der Waals surface area contributed by atoms with Crippen LogP contribution in [0, 0.1) is 0 Å². The highest BCUT2D eigenvalue weighted by Crippen LogP contribution is 2.29. The molecule has 25 heavy (non-hydrogen) atoms. The number of ether oxygens (including phenoxy) is 1. The largest absolute Gasteiger partial charge is 0.491 e. The number of hydrogen-bond donors (Lipinski definition) is 2. The van der Waals surface area contributed by atoms with E-state index >= 15 is 0 Å². The predicted molar refractivity (Wildman–Crippen MR) is 98.6 cm³/mol. The van der Waals surface area contributed by atoms with Gasteiger partial charge in [0, 0.05) is 24.5 Å². The first-order valence-electron chi connectivity index (χ1n) is 8.00. The van der Waals surface area contributed by atoms with Crippen molar-refractivity contribution in [1.82, 2.24) is 4.98 Å². The quantitative estimate of drug-likeness (QED) is 0.650. The van der Waals surface area contributed by atoms with Crippen LogP contribution in [0.1, 0.15) is 10.4 Å². The number of benzene rings is 2. The lowest BCUT2D eigenvalue weighted by Crippen LogP contribution is -2.17. The van der Waals surface area contributed by atoms with E-state index in [1.165, 1.54) is 6.20 Å². The first kappa shape index (κ1) is 16.5. The van der Waals surface area contributed by atoms with Crippen molar-refractivity contribution in [3.63, 3.8) is 0 Å². The molecular formula is C20H19N3O2. The fraction of sp³-hybridized carbons (Fsp3) is 0.100. The third kappa shape index (κ3) is 4.14. The van der Waals surface area contributed by atoms with Gasteiger partial charge >= 0.3 is 0 Å². The molecule has 0 aliphatic rings. The second-order valence-electron chi connectivity index (χ2n) is 5.42. The van der Waals surface area contributed by atoms with E-state index in [0.717, 1.165) is 16.9 Å². The summed E-state index contributed by atoms with van der Waals surface area (Å²) in [6, 6.07) is 19.7. The van der Waals surface area contributed by atoms with Crippen LogP contribution in [0.3, 0.4) is 0 Å². The Hall–Kier alpha value is -3.34. The van der Waals surface area contributed by atoms with Gasteiger partial charge in [-0.2, -0.15) is 0 Å². The van der Waals surface area contributed by atoms with Crippen LogP contribution in [-0.4, -0.2) is 24.0 Å². The fourth-order valence-electron chi connectivity index (χ4n) is 2.54. The molecule has 3 aromatic rings. The molecule has 0 radical (unpaired) electrons. The molecule has 0 aliphatic heterocycles. The van der Waals surface area contributed by atoms with Crippen LogP contribution < -0.4 is 15.8 Å². The van der Waals surface area contributed by atoms with E-state index in [2.05, 4.69) is 22.4 Å². The Kier molecular flexibility index (Phi) is 5.26. The van der Waals surface area contributed by atoms with Gasteiger partial charge in [0.15, 0.2) is 0 Å². The molecule has 0 saturated heterocycles. The Morgan fingerprint density at radius 1 is 1.04 bits per heavy atom. The molecule has 0 saturated carbocycles. The molecule has 0 spiro atoms. The lowest BCUT2D eigenvalue weighted by molar-refractivity contribution is 0.100. The molecule has 1 aromatic heterocycles. The van der Waals surface area contributed by atoms with E-state index in [1.54, 1.807) is 12.3 Å². The van der Waals surface area contributed by atoms with Gasteiger partial charge in [-0.1, -0.05) is 48.5 Å². The molecule has 0 fully saturated rings. The summed E-state index contributed by atoms with van der Waals surface area (Å²) in [5.74, 6) is 0.311. The molecule has 5 nitrogen and oxygen atoms in total. The molecule has 5 heteroatoms. The van der Waals surface area contributed by atoms with Gasteiger partial charge in [0.05, 0.1) is 11.3 Å². The first-order chi connectivity index (χ1) is 12.3. The summed E-state index contributed by atoms with van der Waals surface area (Å²) >= 11 is 0. The molecule has 126 valence electrons. The Morgan fingerprint density at radius 2 is 1.80 bits per heavy atom. The van der Waals surface area contributed by atoms with Gasteiger partial charge in [-0.15, -0.1) is 0 Å². The molecule has 1 heterocycles. The third-order valence-corrected chi connectivity index (χ3v) is 3.73. The monoisotopic (exact) mass is 333 g/mol. The number of nitrogens with two attached hydrogens (primary N) is 1. The minimum atomic E-state index is -0.508. The molecule has 0 bridgehead atoms. The normalized spacial score (nSPS) is 10.2. The number of hydrogen-bond acceptors (Lipinski definition) is 4. The third-order valence-electron chi connectivity index (χ3n) is 3.73. The number of pyridine rings is 1. The van der Waals surface area contributed by atoms with Crippen molar-refractivity contribution in [3.05, 3.63) is 78.6 Å². The molecule has 1 amide bonds. The van der Waals surface area contributed by atoms with Crippen LogP contribution in [0.25, 0.3) is 11.1 Å². The van der Waals surface area contributed by atoms with Gasteiger partial charge in [0.25, 0.3) is 5.91 Å². The summed E-state index contributed by atoms with van der Waals surface area (Å²) < 4.78 is 5.92. The van der Waals surface area contributed by atoms with Crippen LogP contribution in [0.15, 0.2) is 73.1 Å². The summed E-state index contributed by atoms with van der Waals surface area (Å²) in [6.45, 7) is 0.984. The average Bonchev–Trinajstić information content (AvgIpc) is 2.66. The van der Waals surface area contributed by atoms with Crippen LogP contribution in [0.5, 0.6) is 5.75 Å². The molecule has 2 aromatic carbocycles. The summed E-state index contributed by atoms with van der Waals surface area (Å²) in [6.07, 6.45) is 3.07. The van der Waals surface area contributed by atoms with Crippen LogP contribution >= 0.6 is 0 Å². The second-order valence-corrected chi connectivity index (χ2v) is 5.42. The standard InChI is InChI=1S/C20H19N3O2/c21-20(24)17-14-22-11-10-18(17)23-12-13-25-19-9-5-4-8-16(19)15-6-2-1-3-7-15/h1-11,14H,12-13H2,(H2,21,24)(H,22,23). The van der Waals surface area contributed by atoms with Crippen molar-refractivity contribution in [2.75, 3.05) is 18.5 Å². The van der Waals surface area contributed by atoms with E-state index < -0.39 is 5.91 Å². The van der Waals surface area contributed by atoms with Crippen LogP contribution in [0.2, 0.25) is 0 Å². The Bertz CT molecular complexity index is 850. The van der Waals surface area contributed by atoms with Gasteiger partial charge < -0.3 is 15.8 Å². The zero-order valence-electron chi connectivity index (χ0n) is 13.7. The van der Waals surface area contributed by atoms with Gasteiger partial charge in [0.2, 0.25) is 0 Å². The van der Waals surface area contributed by atoms with E-state index in [0.29, 0.717) is 24.4 Å². The van der Waals surface area contributed by atoms with E-state index in [-0.39, 0.29) is 0 Å². The van der Waals surface area contributed by atoms with E-state index in [4.69, 9.17) is 10.5 Å². The smallest absolute Gasteiger partial charge is 0.252 e. The number of carbonyl (C=O) groups is 1. The highest BCUT2D eigenvalue weighted by atomic mass is 16.5. The van der Waals surface area contributed by atoms with Crippen LogP contribution in [0.4, 0.5) is 5.69 Å². The van der Waals surface area contributed by atoms with E-state index in [1.807, 2.05) is 42.5 Å². The number of nitrogens with zero attached hydrogens (tertiary/aromatic N) is 1. The molecule has 0 unspecified atom stereocenters. The maximum absolute atomic E-state index is 11.4. The lowest BCUT2D eigenvalue weighted by atomic mass is 10.1. The maximum atomic E-state index is 11.4. The molecular weight excluding hydrogens is 314 g/mol. The Labute approximate surface area is 146 Å². The van der Waals surface area contributed by atoms with Crippen molar-refractivity contribution in [1.29, 1.82) is 0 Å². The number of rotatable bonds is 7. The average molecular weight is 333 g/mol. The summed E-state index contributed by atoms with van der Waals surface area (Å²) in [4.78, 5) is 15.3. The minimum Gasteiger partial charge on any atom is -0.491 e. The van der Waals surface area contributed by atoms with Crippen molar-refractivity contribution >= 4 is 11.6 Å². The molecule has 3 N–H and O–H groups in total. The second kappa shape index (κ2) is 7.97. The highest BCUT2D eigenvalue weighted by molar-refractivity contribution is 5.98. The summed E-state index contributed by atoms with van der Waals surface area (Å²) in [7, 11) is 0. The van der Waals surface area contributed by atoms with Gasteiger partial charge in [-0.3, -0.25) is 9.78 Å². The number of anilines is 1. The predicted octanol–water partition coefficient (Wildman–Crippen LogP) is 3.34. The molecule has 0 aliphatic carbocycles. The Balaban J connectivity index is 1.63. The Morgan fingerprint density at radius 3 is 2.60 bits per heavy atom. The number of aromatic nitrogens is 1. The fourth-order valence-corrected chi connectivity index (χ4v) is 2.54. The lowest BCUT2D eigenvalue weighted by Gasteiger charge is -2.13. The summed E-state index contributed by atoms with van der Waals surface area (Å²) in [5.41, 5.74) is 8.52. The number of nitrogens with one attached hydrogen (secondary N) is 1. The number of para-hydroxylation sites is 1. The minimum absolute atomic E-state index is 0.368. The molecule has 0 atom stereocenters. The number of amides is 1. The van der Waals surface area contributed by atoms with Crippen molar-refractivity contribution in [2.45, 2.75) is 0 Å². The SMILES string of the molecule is NC(=O)c1cnccc1NCCOc1ccccc1-c1ccccc1. The number of carbonyl (C=O) groups excluding carboxylic acids is 1. The maximum Gasteiger partial charge on any atom is 0.252 e. The van der Waals surface area contributed by atoms with Crippen LogP contribution in [-0.2, 0) is 0 Å². The van der Waals surface area contributed by atoms with Gasteiger partial charge in [-0.25, -0.2) is 0 Å². The topological polar surface area (TPSA) is 77.2 Å². The number of primary amides is 1. The zero-order valence-corrected chi connectivity index (χ0v) is 13.7. The van der Waals surface area contributed by atoms with Gasteiger partial charge in [-0.05, 0) is 17.7 Å². The van der Waals surface area contributed by atoms with Crippen molar-refractivity contribution < 1.29 is 9.53 Å². The van der Waals surface area contributed by atoms with Crippen molar-refractivity contribution in [2.24, 2.45) is 5.73 Å². The summed E-state index contributed by atoms with van der Waals surface area (Å²) in [5, 5.41) is 3.16.